The van der Waals surface area contributed by atoms with Gasteiger partial charge in [-0.25, -0.2) is 0 Å². The van der Waals surface area contributed by atoms with E-state index in [0.717, 1.165) is 16.4 Å². The smallest absolute Gasteiger partial charge is 0.127 e. The standard InChI is InChI=1S/C22H30NOP/c1-15-12-17(21(2,3)4)20(24)19(13-15)25-18-11-9-8-10-16(18)14-23-22(5,6)7/h8-14,24-25H,1-7H3/b23-14+. The zero-order chi connectivity index (χ0) is 18.8. The number of aryl methyl sites for hydroxylation is 1. The number of nitrogens with zero attached hydrogens (tertiary/aromatic N) is 1. The lowest BCUT2D eigenvalue weighted by molar-refractivity contribution is 0.450. The summed E-state index contributed by atoms with van der Waals surface area (Å²) in [6.07, 6.45) is 1.96. The number of hydrogen-bond donors (Lipinski definition) is 1. The Bertz CT molecular complexity index is 780. The molecule has 0 aliphatic carbocycles. The highest BCUT2D eigenvalue weighted by Crippen LogP contribution is 2.33. The number of phenols is 1. The number of rotatable bonds is 3. The average Bonchev–Trinajstić information content (AvgIpc) is 2.47. The molecule has 2 rings (SSSR count). The molecule has 2 aromatic rings. The van der Waals surface area contributed by atoms with Gasteiger partial charge in [-0.05, 0) is 50.0 Å². The predicted octanol–water partition coefficient (Wildman–Crippen LogP) is 4.84. The second-order valence-corrected chi connectivity index (χ2v) is 9.93. The predicted molar refractivity (Wildman–Crippen MR) is 113 cm³/mol. The van der Waals surface area contributed by atoms with E-state index < -0.39 is 0 Å². The van der Waals surface area contributed by atoms with Crippen LogP contribution in [0, 0.1) is 6.92 Å². The summed E-state index contributed by atoms with van der Waals surface area (Å²) in [5.74, 6) is 0.430. The molecule has 1 unspecified atom stereocenters. The Kier molecular flexibility index (Phi) is 5.74. The summed E-state index contributed by atoms with van der Waals surface area (Å²) in [4.78, 5) is 4.64. The monoisotopic (exact) mass is 355 g/mol. The van der Waals surface area contributed by atoms with Gasteiger partial charge in [0, 0.05) is 22.6 Å². The summed E-state index contributed by atoms with van der Waals surface area (Å²) in [5.41, 5.74) is 3.14. The van der Waals surface area contributed by atoms with Crippen molar-refractivity contribution in [3.05, 3.63) is 53.1 Å². The third kappa shape index (κ3) is 5.41. The zero-order valence-corrected chi connectivity index (χ0v) is 17.4. The van der Waals surface area contributed by atoms with Crippen molar-refractivity contribution in [2.75, 3.05) is 0 Å². The van der Waals surface area contributed by atoms with Crippen LogP contribution in [-0.4, -0.2) is 16.9 Å². The topological polar surface area (TPSA) is 32.6 Å². The maximum atomic E-state index is 10.8. The van der Waals surface area contributed by atoms with Crippen molar-refractivity contribution in [2.24, 2.45) is 4.99 Å². The number of phenolic OH excluding ortho intramolecular Hbond substituents is 1. The maximum absolute atomic E-state index is 10.8. The summed E-state index contributed by atoms with van der Waals surface area (Å²) >= 11 is 0. The molecule has 0 fully saturated rings. The van der Waals surface area contributed by atoms with Crippen molar-refractivity contribution in [3.63, 3.8) is 0 Å². The molecule has 1 atom stereocenters. The highest BCUT2D eigenvalue weighted by atomic mass is 31.1. The Balaban J connectivity index is 2.45. The van der Waals surface area contributed by atoms with Crippen molar-refractivity contribution < 1.29 is 5.11 Å². The molecule has 0 aliphatic heterocycles. The fourth-order valence-corrected chi connectivity index (χ4v) is 3.89. The average molecular weight is 355 g/mol. The van der Waals surface area contributed by atoms with Crippen LogP contribution < -0.4 is 10.6 Å². The fraction of sp³-hybridized carbons (Fsp3) is 0.409. The number of hydrogen-bond acceptors (Lipinski definition) is 2. The van der Waals surface area contributed by atoms with Crippen molar-refractivity contribution >= 4 is 25.4 Å². The lowest BCUT2D eigenvalue weighted by Crippen LogP contribution is -2.17. The first-order chi connectivity index (χ1) is 11.5. The minimum Gasteiger partial charge on any atom is -0.507 e. The van der Waals surface area contributed by atoms with Gasteiger partial charge >= 0.3 is 0 Å². The van der Waals surface area contributed by atoms with E-state index in [1.807, 2.05) is 18.3 Å². The van der Waals surface area contributed by atoms with Gasteiger partial charge in [0.15, 0.2) is 0 Å². The van der Waals surface area contributed by atoms with Crippen LogP contribution >= 0.6 is 8.58 Å². The van der Waals surface area contributed by atoms with Crippen molar-refractivity contribution in [3.8, 4) is 5.75 Å². The van der Waals surface area contributed by atoms with Gasteiger partial charge in [-0.3, -0.25) is 4.99 Å². The molecule has 0 bridgehead atoms. The van der Waals surface area contributed by atoms with E-state index in [2.05, 4.69) is 77.7 Å². The molecular weight excluding hydrogens is 325 g/mol. The number of aliphatic imine (C=N–C) groups is 1. The number of aromatic hydroxyl groups is 1. The van der Waals surface area contributed by atoms with E-state index in [-0.39, 0.29) is 11.0 Å². The molecule has 0 radical (unpaired) electrons. The van der Waals surface area contributed by atoms with Gasteiger partial charge in [0.2, 0.25) is 0 Å². The van der Waals surface area contributed by atoms with E-state index in [1.165, 1.54) is 10.9 Å². The summed E-state index contributed by atoms with van der Waals surface area (Å²) in [6, 6.07) is 12.5. The minimum absolute atomic E-state index is 0.0808. The highest BCUT2D eigenvalue weighted by Gasteiger charge is 2.21. The lowest BCUT2D eigenvalue weighted by atomic mass is 9.85. The summed E-state index contributed by atoms with van der Waals surface area (Å²) in [5, 5.41) is 13.0. The Morgan fingerprint density at radius 2 is 1.60 bits per heavy atom. The van der Waals surface area contributed by atoms with E-state index in [0.29, 0.717) is 14.3 Å². The molecule has 0 aliphatic rings. The van der Waals surface area contributed by atoms with Crippen LogP contribution in [0.25, 0.3) is 0 Å². The molecule has 0 aromatic heterocycles. The van der Waals surface area contributed by atoms with Crippen LogP contribution in [0.1, 0.15) is 58.2 Å². The summed E-state index contributed by atoms with van der Waals surface area (Å²) in [6.45, 7) is 14.8. The number of benzene rings is 2. The van der Waals surface area contributed by atoms with Gasteiger partial charge in [0.1, 0.15) is 5.75 Å². The summed E-state index contributed by atoms with van der Waals surface area (Å²) in [7, 11) is 0.398. The Morgan fingerprint density at radius 3 is 2.20 bits per heavy atom. The summed E-state index contributed by atoms with van der Waals surface area (Å²) < 4.78 is 0. The van der Waals surface area contributed by atoms with Crippen LogP contribution in [-0.2, 0) is 5.41 Å². The Morgan fingerprint density at radius 1 is 0.960 bits per heavy atom. The van der Waals surface area contributed by atoms with Gasteiger partial charge in [-0.1, -0.05) is 59.7 Å². The molecule has 0 saturated carbocycles. The Hall–Kier alpha value is -1.66. The first-order valence-electron chi connectivity index (χ1n) is 8.73. The second-order valence-electron chi connectivity index (χ2n) is 8.60. The first-order valence-corrected chi connectivity index (χ1v) is 9.73. The molecule has 3 heteroatoms. The normalized spacial score (nSPS) is 13.2. The van der Waals surface area contributed by atoms with Crippen molar-refractivity contribution in [1.29, 1.82) is 0 Å². The van der Waals surface area contributed by atoms with Gasteiger partial charge in [0.05, 0.1) is 5.54 Å². The largest absolute Gasteiger partial charge is 0.507 e. The van der Waals surface area contributed by atoms with Gasteiger partial charge < -0.3 is 5.11 Å². The fourth-order valence-electron chi connectivity index (χ4n) is 2.58. The molecule has 2 aromatic carbocycles. The van der Waals surface area contributed by atoms with Gasteiger partial charge in [0.25, 0.3) is 0 Å². The molecule has 0 heterocycles. The molecule has 0 spiro atoms. The van der Waals surface area contributed by atoms with Crippen molar-refractivity contribution in [1.82, 2.24) is 0 Å². The minimum atomic E-state index is -0.0961. The third-order valence-corrected chi connectivity index (χ3v) is 5.26. The Labute approximate surface area is 154 Å². The van der Waals surface area contributed by atoms with Crippen LogP contribution in [0.2, 0.25) is 0 Å². The molecule has 25 heavy (non-hydrogen) atoms. The first kappa shape index (κ1) is 19.7. The zero-order valence-electron chi connectivity index (χ0n) is 16.4. The molecule has 0 saturated heterocycles. The molecular formula is C22H30NOP. The highest BCUT2D eigenvalue weighted by molar-refractivity contribution is 7.56. The van der Waals surface area contributed by atoms with Gasteiger partial charge in [-0.15, -0.1) is 0 Å². The molecule has 0 amide bonds. The van der Waals surface area contributed by atoms with Crippen LogP contribution in [0.3, 0.4) is 0 Å². The van der Waals surface area contributed by atoms with E-state index in [9.17, 15) is 5.11 Å². The van der Waals surface area contributed by atoms with Crippen LogP contribution in [0.15, 0.2) is 41.4 Å². The second kappa shape index (κ2) is 7.30. The lowest BCUT2D eigenvalue weighted by Gasteiger charge is -2.23. The third-order valence-electron chi connectivity index (χ3n) is 3.88. The van der Waals surface area contributed by atoms with E-state index in [4.69, 9.17) is 0 Å². The van der Waals surface area contributed by atoms with Crippen molar-refractivity contribution in [2.45, 2.75) is 59.4 Å². The van der Waals surface area contributed by atoms with E-state index in [1.54, 1.807) is 0 Å². The molecule has 2 nitrogen and oxygen atoms in total. The van der Waals surface area contributed by atoms with E-state index >= 15 is 0 Å². The molecule has 1 N–H and O–H groups in total. The van der Waals surface area contributed by atoms with Crippen LogP contribution in [0.5, 0.6) is 5.75 Å². The van der Waals surface area contributed by atoms with Gasteiger partial charge in [-0.2, -0.15) is 0 Å². The maximum Gasteiger partial charge on any atom is 0.127 e. The molecule has 134 valence electrons. The SMILES string of the molecule is Cc1cc(Pc2ccccc2/C=N/C(C)(C)C)c(O)c(C(C)(C)C)c1. The quantitative estimate of drug-likeness (QED) is 0.620. The van der Waals surface area contributed by atoms with Crippen LogP contribution in [0.4, 0.5) is 0 Å².